The largest absolute Gasteiger partial charge is 0.497 e. The molecule has 1 aliphatic rings. The number of thiocarbonyl (C=S) groups is 1. The number of benzene rings is 3. The van der Waals surface area contributed by atoms with Crippen molar-refractivity contribution in [2.75, 3.05) is 12.0 Å². The van der Waals surface area contributed by atoms with Crippen molar-refractivity contribution in [1.29, 1.82) is 0 Å². The highest BCUT2D eigenvalue weighted by molar-refractivity contribution is 9.10. The number of para-hydroxylation sites is 1. The van der Waals surface area contributed by atoms with E-state index in [1.165, 1.54) is 5.56 Å². The van der Waals surface area contributed by atoms with Gasteiger partial charge in [-0.2, -0.15) is 0 Å². The lowest BCUT2D eigenvalue weighted by molar-refractivity contribution is 0.413. The number of nitrogens with zero attached hydrogens (tertiary/aromatic N) is 3. The Morgan fingerprint density at radius 2 is 1.51 bits per heavy atom. The summed E-state index contributed by atoms with van der Waals surface area (Å²) in [6.07, 6.45) is 1.83. The van der Waals surface area contributed by atoms with E-state index in [0.29, 0.717) is 5.11 Å². The Hall–Kier alpha value is -4.14. The van der Waals surface area contributed by atoms with Crippen molar-refractivity contribution < 1.29 is 9.47 Å². The summed E-state index contributed by atoms with van der Waals surface area (Å²) in [6.45, 7) is 4.31. The second-order valence-electron chi connectivity index (χ2n) is 9.88. The summed E-state index contributed by atoms with van der Waals surface area (Å²) < 4.78 is 14.7. The van der Waals surface area contributed by atoms with Crippen LogP contribution in [-0.4, -0.2) is 21.8 Å². The maximum absolute atomic E-state index is 6.08. The van der Waals surface area contributed by atoms with Crippen LogP contribution in [0.1, 0.15) is 34.7 Å². The van der Waals surface area contributed by atoms with Gasteiger partial charge in [0.1, 0.15) is 17.2 Å². The molecule has 1 N–H and O–H groups in total. The standard InChI is InChI=1S/C33H29BrN4O2S/c1-21-20-27(22(2)37(21)30-10-5-4-8-28(30)34)32-31(29-9-6-7-19-35-29)36-33(41)38(32)23-11-13-25(14-12-23)40-26-17-15-24(39-3)16-18-26/h4-20,31-32H,1-3H3,(H,36,41)/t31-,32-/m1/s1. The third-order valence-corrected chi connectivity index (χ3v) is 8.38. The molecular formula is C33H29BrN4O2S. The van der Waals surface area contributed by atoms with Crippen LogP contribution >= 0.6 is 28.1 Å². The first-order valence-electron chi connectivity index (χ1n) is 13.3. The molecule has 0 unspecified atom stereocenters. The third kappa shape index (κ3) is 5.21. The van der Waals surface area contributed by atoms with E-state index in [-0.39, 0.29) is 12.1 Å². The zero-order valence-corrected chi connectivity index (χ0v) is 25.3. The van der Waals surface area contributed by atoms with Crippen LogP contribution in [-0.2, 0) is 0 Å². The summed E-state index contributed by atoms with van der Waals surface area (Å²) in [4.78, 5) is 6.90. The Balaban J connectivity index is 1.39. The Kier molecular flexibility index (Phi) is 7.51. The molecule has 6 rings (SSSR count). The first-order valence-corrected chi connectivity index (χ1v) is 14.5. The van der Waals surface area contributed by atoms with Crippen LogP contribution < -0.4 is 19.7 Å². The molecular weight excluding hydrogens is 596 g/mol. The number of aromatic nitrogens is 2. The predicted octanol–water partition coefficient (Wildman–Crippen LogP) is 8.23. The molecule has 0 aliphatic carbocycles. The van der Waals surface area contributed by atoms with E-state index < -0.39 is 0 Å². The van der Waals surface area contributed by atoms with Crippen molar-refractivity contribution in [2.24, 2.45) is 0 Å². The molecule has 3 heterocycles. The van der Waals surface area contributed by atoms with Gasteiger partial charge in [0.25, 0.3) is 0 Å². The minimum Gasteiger partial charge on any atom is -0.497 e. The number of methoxy groups -OCH3 is 1. The van der Waals surface area contributed by atoms with Gasteiger partial charge in [-0.3, -0.25) is 4.98 Å². The lowest BCUT2D eigenvalue weighted by atomic mass is 9.96. The van der Waals surface area contributed by atoms with Gasteiger partial charge in [-0.15, -0.1) is 0 Å². The molecule has 206 valence electrons. The predicted molar refractivity (Wildman–Crippen MR) is 170 cm³/mol. The molecule has 5 aromatic rings. The van der Waals surface area contributed by atoms with Crippen molar-refractivity contribution in [3.63, 3.8) is 0 Å². The van der Waals surface area contributed by atoms with E-state index >= 15 is 0 Å². The molecule has 8 heteroatoms. The number of anilines is 1. The number of pyridine rings is 1. The highest BCUT2D eigenvalue weighted by Crippen LogP contribution is 2.44. The smallest absolute Gasteiger partial charge is 0.174 e. The van der Waals surface area contributed by atoms with Crippen LogP contribution in [0.5, 0.6) is 17.2 Å². The van der Waals surface area contributed by atoms with E-state index in [9.17, 15) is 0 Å². The quantitative estimate of drug-likeness (QED) is 0.184. The van der Waals surface area contributed by atoms with E-state index in [4.69, 9.17) is 26.7 Å². The van der Waals surface area contributed by atoms with Crippen molar-refractivity contribution >= 4 is 38.9 Å². The molecule has 2 aromatic heterocycles. The highest BCUT2D eigenvalue weighted by atomic mass is 79.9. The molecule has 6 nitrogen and oxygen atoms in total. The molecule has 0 radical (unpaired) electrons. The molecule has 3 aromatic carbocycles. The lowest BCUT2D eigenvalue weighted by Crippen LogP contribution is -2.29. The fraction of sp³-hybridized carbons (Fsp3) is 0.152. The number of ether oxygens (including phenoxy) is 2. The van der Waals surface area contributed by atoms with Crippen LogP contribution in [0.25, 0.3) is 5.69 Å². The average molecular weight is 626 g/mol. The van der Waals surface area contributed by atoms with Crippen molar-refractivity contribution in [3.05, 3.63) is 130 Å². The molecule has 1 saturated heterocycles. The van der Waals surface area contributed by atoms with Gasteiger partial charge in [0.05, 0.1) is 30.6 Å². The summed E-state index contributed by atoms with van der Waals surface area (Å²) in [5.74, 6) is 2.27. The summed E-state index contributed by atoms with van der Waals surface area (Å²) in [5.41, 5.74) is 6.48. The second kappa shape index (κ2) is 11.4. The van der Waals surface area contributed by atoms with Crippen LogP contribution in [0.4, 0.5) is 5.69 Å². The van der Waals surface area contributed by atoms with Gasteiger partial charge >= 0.3 is 0 Å². The summed E-state index contributed by atoms with van der Waals surface area (Å²) in [6, 6.07) is 31.9. The van der Waals surface area contributed by atoms with E-state index in [2.05, 4.69) is 74.9 Å². The van der Waals surface area contributed by atoms with Gasteiger partial charge in [-0.25, -0.2) is 0 Å². The van der Waals surface area contributed by atoms with Crippen molar-refractivity contribution in [3.8, 4) is 22.9 Å². The molecule has 0 saturated carbocycles. The van der Waals surface area contributed by atoms with Gasteiger partial charge in [0, 0.05) is 27.7 Å². The average Bonchev–Trinajstić information content (AvgIpc) is 3.49. The number of hydrogen-bond acceptors (Lipinski definition) is 4. The van der Waals surface area contributed by atoms with Crippen LogP contribution in [0.15, 0.2) is 108 Å². The molecule has 0 spiro atoms. The second-order valence-corrected chi connectivity index (χ2v) is 11.1. The summed E-state index contributed by atoms with van der Waals surface area (Å²) in [5, 5.41) is 4.23. The number of rotatable bonds is 7. The number of nitrogens with one attached hydrogen (secondary N) is 1. The highest BCUT2D eigenvalue weighted by Gasteiger charge is 2.42. The van der Waals surface area contributed by atoms with Gasteiger partial charge < -0.3 is 24.3 Å². The van der Waals surface area contributed by atoms with Crippen molar-refractivity contribution in [1.82, 2.24) is 14.9 Å². The van der Waals surface area contributed by atoms with Gasteiger partial charge in [-0.05, 0) is 126 Å². The zero-order chi connectivity index (χ0) is 28.5. The molecule has 0 amide bonds. The Morgan fingerprint density at radius 3 is 2.17 bits per heavy atom. The fourth-order valence-corrected chi connectivity index (χ4v) is 6.30. The Morgan fingerprint density at radius 1 is 0.854 bits per heavy atom. The minimum absolute atomic E-state index is 0.117. The normalized spacial score (nSPS) is 16.5. The monoisotopic (exact) mass is 624 g/mol. The Bertz CT molecular complexity index is 1690. The molecule has 1 aliphatic heterocycles. The molecule has 0 bridgehead atoms. The summed E-state index contributed by atoms with van der Waals surface area (Å²) in [7, 11) is 1.65. The van der Waals surface area contributed by atoms with E-state index in [1.54, 1.807) is 7.11 Å². The number of halogens is 1. The third-order valence-electron chi connectivity index (χ3n) is 7.39. The van der Waals surface area contributed by atoms with Crippen LogP contribution in [0.2, 0.25) is 0 Å². The topological polar surface area (TPSA) is 51.6 Å². The van der Waals surface area contributed by atoms with Crippen LogP contribution in [0, 0.1) is 13.8 Å². The SMILES string of the molecule is COc1ccc(Oc2ccc(N3C(=S)N[C@H](c4ccccn4)[C@H]3c3cc(C)n(-c4ccccc4Br)c3C)cc2)cc1. The van der Waals surface area contributed by atoms with Gasteiger partial charge in [-0.1, -0.05) is 18.2 Å². The van der Waals surface area contributed by atoms with Crippen LogP contribution in [0.3, 0.4) is 0 Å². The lowest BCUT2D eigenvalue weighted by Gasteiger charge is -2.28. The van der Waals surface area contributed by atoms with Gasteiger partial charge in [0.2, 0.25) is 0 Å². The Labute approximate surface area is 253 Å². The first-order chi connectivity index (χ1) is 19.9. The molecule has 2 atom stereocenters. The fourth-order valence-electron chi connectivity index (χ4n) is 5.49. The first kappa shape index (κ1) is 27.1. The summed E-state index contributed by atoms with van der Waals surface area (Å²) >= 11 is 9.71. The molecule has 1 fully saturated rings. The maximum Gasteiger partial charge on any atom is 0.174 e. The van der Waals surface area contributed by atoms with E-state index in [1.807, 2.05) is 72.9 Å². The minimum atomic E-state index is -0.132. The maximum atomic E-state index is 6.08. The zero-order valence-electron chi connectivity index (χ0n) is 22.9. The van der Waals surface area contributed by atoms with Gasteiger partial charge in [0.15, 0.2) is 5.11 Å². The van der Waals surface area contributed by atoms with E-state index in [0.717, 1.165) is 50.2 Å². The molecule has 41 heavy (non-hydrogen) atoms. The number of aryl methyl sites for hydroxylation is 1. The number of hydrogen-bond donors (Lipinski definition) is 1. The van der Waals surface area contributed by atoms with Crippen molar-refractivity contribution in [2.45, 2.75) is 25.9 Å².